The van der Waals surface area contributed by atoms with Crippen molar-refractivity contribution in [2.45, 2.75) is 26.7 Å². The van der Waals surface area contributed by atoms with Crippen molar-refractivity contribution in [2.24, 2.45) is 0 Å². The van der Waals surface area contributed by atoms with Crippen molar-refractivity contribution in [2.75, 3.05) is 0 Å². The first-order valence-corrected chi connectivity index (χ1v) is 8.81. The minimum absolute atomic E-state index is 0.0564. The van der Waals surface area contributed by atoms with Crippen molar-refractivity contribution in [1.29, 1.82) is 0 Å². The van der Waals surface area contributed by atoms with Gasteiger partial charge in [-0.1, -0.05) is 11.6 Å². The van der Waals surface area contributed by atoms with Crippen LogP contribution in [0.5, 0.6) is 5.75 Å². The number of hydrogen-bond donors (Lipinski definition) is 2. The van der Waals surface area contributed by atoms with Crippen molar-refractivity contribution >= 4 is 11.6 Å². The average Bonchev–Trinajstić information content (AvgIpc) is 2.65. The number of aryl methyl sites for hydroxylation is 3. The molecule has 30 heavy (non-hydrogen) atoms. The molecule has 0 aliphatic carbocycles. The van der Waals surface area contributed by atoms with E-state index in [2.05, 4.69) is 9.97 Å². The van der Waals surface area contributed by atoms with Crippen LogP contribution in [0.2, 0.25) is 5.02 Å². The summed E-state index contributed by atoms with van der Waals surface area (Å²) in [5, 5.41) is 19.6. The quantitative estimate of drug-likeness (QED) is 0.604. The Morgan fingerprint density at radius 2 is 1.77 bits per heavy atom. The first-order valence-electron chi connectivity index (χ1n) is 8.43. The molecule has 0 saturated heterocycles. The molecule has 0 amide bonds. The molecule has 0 aromatic carbocycles. The van der Waals surface area contributed by atoms with Crippen LogP contribution in [-0.4, -0.2) is 24.7 Å². The monoisotopic (exact) mass is 441 g/mol. The van der Waals surface area contributed by atoms with Gasteiger partial charge in [-0.2, -0.15) is 0 Å². The van der Waals surface area contributed by atoms with Gasteiger partial charge in [-0.25, -0.2) is 18.2 Å². The predicted octanol–water partition coefficient (Wildman–Crippen LogP) is 2.80. The summed E-state index contributed by atoms with van der Waals surface area (Å²) in [6.07, 6.45) is 1.93. The Balaban J connectivity index is 2.12. The van der Waals surface area contributed by atoms with Gasteiger partial charge in [0, 0.05) is 24.0 Å². The molecule has 0 saturated carbocycles. The van der Waals surface area contributed by atoms with Gasteiger partial charge in [0.2, 0.25) is 0 Å². The third-order valence-corrected chi connectivity index (χ3v) is 4.59. The smallest absolute Gasteiger partial charge is 0.372 e. The van der Waals surface area contributed by atoms with E-state index in [-0.39, 0.29) is 17.1 Å². The largest absolute Gasteiger partial charge is 0.433 e. The summed E-state index contributed by atoms with van der Waals surface area (Å²) < 4.78 is 47.4. The van der Waals surface area contributed by atoms with Crippen LogP contribution in [0.4, 0.5) is 13.2 Å². The SMILES string of the molecule is Cc1cnc(C)c(F)c1-n1c(C)cc(OC(O)(O)c2ncc(F)cc2F)c(Cl)c1=O. The number of aliphatic hydroxyl groups is 2. The molecule has 0 fully saturated rings. The maximum Gasteiger partial charge on any atom is 0.372 e. The minimum atomic E-state index is -3.37. The van der Waals surface area contributed by atoms with Crippen LogP contribution in [-0.2, 0) is 5.97 Å². The number of nitrogens with zero attached hydrogens (tertiary/aromatic N) is 3. The zero-order valence-corrected chi connectivity index (χ0v) is 16.6. The lowest BCUT2D eigenvalue weighted by molar-refractivity contribution is -0.308. The summed E-state index contributed by atoms with van der Waals surface area (Å²) in [4.78, 5) is 20.0. The normalized spacial score (nSPS) is 11.6. The van der Waals surface area contributed by atoms with Gasteiger partial charge in [0.15, 0.2) is 23.1 Å². The Hall–Kier alpha value is -2.95. The second-order valence-electron chi connectivity index (χ2n) is 6.49. The van der Waals surface area contributed by atoms with E-state index in [0.717, 1.165) is 10.6 Å². The molecule has 0 aliphatic heterocycles. The van der Waals surface area contributed by atoms with E-state index in [1.807, 2.05) is 0 Å². The van der Waals surface area contributed by atoms with Gasteiger partial charge in [-0.3, -0.25) is 14.3 Å². The second-order valence-corrected chi connectivity index (χ2v) is 6.87. The van der Waals surface area contributed by atoms with Gasteiger partial charge < -0.3 is 14.9 Å². The molecule has 0 aliphatic rings. The summed E-state index contributed by atoms with van der Waals surface area (Å²) in [6, 6.07) is 1.50. The van der Waals surface area contributed by atoms with Crippen molar-refractivity contribution in [3.05, 3.63) is 80.0 Å². The second kappa shape index (κ2) is 7.71. The maximum atomic E-state index is 14.7. The summed E-state index contributed by atoms with van der Waals surface area (Å²) in [7, 11) is 0. The topological polar surface area (TPSA) is 97.5 Å². The highest BCUT2D eigenvalue weighted by Gasteiger charge is 2.36. The summed E-state index contributed by atoms with van der Waals surface area (Å²) in [5.41, 5.74) is -1.53. The summed E-state index contributed by atoms with van der Waals surface area (Å²) >= 11 is 6.03. The number of halogens is 4. The Labute approximate surface area is 173 Å². The number of hydrogen-bond acceptors (Lipinski definition) is 6. The predicted molar refractivity (Wildman–Crippen MR) is 99.9 cm³/mol. The highest BCUT2D eigenvalue weighted by Crippen LogP contribution is 2.31. The van der Waals surface area contributed by atoms with Gasteiger partial charge in [0.05, 0.1) is 17.6 Å². The van der Waals surface area contributed by atoms with E-state index in [1.165, 1.54) is 20.0 Å². The fourth-order valence-corrected chi connectivity index (χ4v) is 3.00. The molecular formula is C19H15ClF3N3O4. The number of rotatable bonds is 4. The van der Waals surface area contributed by atoms with Crippen LogP contribution in [0.25, 0.3) is 5.69 Å². The van der Waals surface area contributed by atoms with Crippen molar-refractivity contribution in [3.63, 3.8) is 0 Å². The van der Waals surface area contributed by atoms with Crippen molar-refractivity contribution in [3.8, 4) is 11.4 Å². The van der Waals surface area contributed by atoms with E-state index in [0.29, 0.717) is 17.8 Å². The third-order valence-electron chi connectivity index (χ3n) is 4.24. The van der Waals surface area contributed by atoms with Crippen molar-refractivity contribution in [1.82, 2.24) is 14.5 Å². The maximum absolute atomic E-state index is 14.7. The fraction of sp³-hybridized carbons (Fsp3) is 0.211. The summed E-state index contributed by atoms with van der Waals surface area (Å²) in [5.74, 6) is -7.09. The molecule has 0 unspecified atom stereocenters. The molecule has 3 heterocycles. The number of aromatic nitrogens is 3. The molecule has 0 bridgehead atoms. The van der Waals surface area contributed by atoms with Crippen LogP contribution in [0.1, 0.15) is 22.6 Å². The van der Waals surface area contributed by atoms with Gasteiger partial charge >= 0.3 is 5.97 Å². The molecule has 0 atom stereocenters. The Kier molecular flexibility index (Phi) is 5.59. The first-order chi connectivity index (χ1) is 13.9. The average molecular weight is 442 g/mol. The van der Waals surface area contributed by atoms with Crippen LogP contribution in [0, 0.1) is 38.2 Å². The Bertz CT molecular complexity index is 1210. The minimum Gasteiger partial charge on any atom is -0.433 e. The zero-order valence-electron chi connectivity index (χ0n) is 15.9. The lowest BCUT2D eigenvalue weighted by Gasteiger charge is -2.24. The van der Waals surface area contributed by atoms with Crippen LogP contribution in [0.3, 0.4) is 0 Å². The van der Waals surface area contributed by atoms with Gasteiger partial charge in [0.1, 0.15) is 10.8 Å². The van der Waals surface area contributed by atoms with Gasteiger partial charge in [0.25, 0.3) is 5.56 Å². The van der Waals surface area contributed by atoms with E-state index < -0.39 is 45.5 Å². The fourth-order valence-electron chi connectivity index (χ4n) is 2.82. The molecule has 0 spiro atoms. The Morgan fingerprint density at radius 1 is 1.10 bits per heavy atom. The molecule has 11 heteroatoms. The van der Waals surface area contributed by atoms with E-state index in [9.17, 15) is 28.2 Å². The standard InChI is InChI=1S/C19H15ClF3N3O4/c1-8-6-24-10(3)15(23)16(8)26-9(2)4-13(14(20)18(26)27)30-19(28,29)17-12(22)5-11(21)7-25-17/h4-7,28-29H,1-3H3. The summed E-state index contributed by atoms with van der Waals surface area (Å²) in [6.45, 7) is 4.39. The molecular weight excluding hydrogens is 427 g/mol. The van der Waals surface area contributed by atoms with E-state index >= 15 is 0 Å². The molecule has 158 valence electrons. The van der Waals surface area contributed by atoms with Gasteiger partial charge in [-0.05, 0) is 26.3 Å². The lowest BCUT2D eigenvalue weighted by Crippen LogP contribution is -2.36. The number of ether oxygens (including phenoxy) is 1. The molecule has 3 aromatic heterocycles. The van der Waals surface area contributed by atoms with Gasteiger partial charge in [-0.15, -0.1) is 0 Å². The molecule has 3 aromatic rings. The molecule has 7 nitrogen and oxygen atoms in total. The Morgan fingerprint density at radius 3 is 2.40 bits per heavy atom. The lowest BCUT2D eigenvalue weighted by atomic mass is 10.2. The van der Waals surface area contributed by atoms with E-state index in [1.54, 1.807) is 6.92 Å². The van der Waals surface area contributed by atoms with E-state index in [4.69, 9.17) is 16.3 Å². The number of pyridine rings is 3. The van der Waals surface area contributed by atoms with Crippen LogP contribution < -0.4 is 10.3 Å². The molecule has 3 rings (SSSR count). The van der Waals surface area contributed by atoms with Crippen LogP contribution >= 0.6 is 11.6 Å². The molecule has 2 N–H and O–H groups in total. The zero-order chi connectivity index (χ0) is 22.4. The third kappa shape index (κ3) is 3.76. The van der Waals surface area contributed by atoms with Crippen molar-refractivity contribution < 1.29 is 28.1 Å². The first kappa shape index (κ1) is 21.8. The molecule has 0 radical (unpaired) electrons. The van der Waals surface area contributed by atoms with Crippen LogP contribution in [0.15, 0.2) is 29.3 Å². The highest BCUT2D eigenvalue weighted by molar-refractivity contribution is 6.31. The highest BCUT2D eigenvalue weighted by atomic mass is 35.5.